The van der Waals surface area contributed by atoms with Crippen molar-refractivity contribution in [2.24, 2.45) is 34.0 Å². The number of allylic oxidation sites excluding steroid dienone is 1. The summed E-state index contributed by atoms with van der Waals surface area (Å²) in [5.41, 5.74) is -2.35. The van der Waals surface area contributed by atoms with Crippen LogP contribution in [0.1, 0.15) is 117 Å². The summed E-state index contributed by atoms with van der Waals surface area (Å²) in [6.07, 6.45) is -10.2. The van der Waals surface area contributed by atoms with E-state index < -0.39 is 146 Å². The fraction of sp³-hybridized carbons (Fsp3) is 0.828. The number of ether oxygens (including phenoxy) is 13. The molecule has 28 atom stereocenters. The van der Waals surface area contributed by atoms with Crippen LogP contribution in [0.5, 0.6) is 0 Å². The number of hydrogen-bond acceptors (Lipinski definition) is 21. The van der Waals surface area contributed by atoms with Gasteiger partial charge in [0.05, 0.1) is 54.4 Å². The molecule has 4 aliphatic heterocycles. The lowest BCUT2D eigenvalue weighted by Crippen LogP contribution is -2.68. The second-order valence-corrected chi connectivity index (χ2v) is 24.5. The average Bonchev–Trinajstić information content (AvgIpc) is 3.33. The van der Waals surface area contributed by atoms with Crippen LogP contribution >= 0.6 is 0 Å². The number of benzene rings is 1. The van der Waals surface area contributed by atoms with Crippen LogP contribution in [0.15, 0.2) is 42.5 Å². The highest BCUT2D eigenvalue weighted by atomic mass is 16.8. The van der Waals surface area contributed by atoms with Crippen molar-refractivity contribution in [2.45, 2.75) is 241 Å². The Balaban J connectivity index is 0.821. The highest BCUT2D eigenvalue weighted by Gasteiger charge is 2.73. The third-order valence-electron chi connectivity index (χ3n) is 20.2. The number of aliphatic hydroxyl groups is 6. The summed E-state index contributed by atoms with van der Waals surface area (Å²) < 4.78 is 80.8. The van der Waals surface area contributed by atoms with Crippen molar-refractivity contribution in [1.82, 2.24) is 0 Å². The Morgan fingerprint density at radius 3 is 1.94 bits per heavy atom. The van der Waals surface area contributed by atoms with Crippen molar-refractivity contribution >= 4 is 11.9 Å². The maximum atomic E-state index is 13.9. The number of aliphatic hydroxyl groups excluding tert-OH is 5. The lowest BCUT2D eigenvalue weighted by molar-refractivity contribution is -0.373. The van der Waals surface area contributed by atoms with E-state index >= 15 is 0 Å². The quantitative estimate of drug-likeness (QED) is 0.102. The van der Waals surface area contributed by atoms with E-state index in [2.05, 4.69) is 26.0 Å². The van der Waals surface area contributed by atoms with E-state index in [-0.39, 0.29) is 47.1 Å². The monoisotopic (exact) mass is 1120 g/mol. The lowest BCUT2D eigenvalue weighted by Gasteiger charge is -2.66. The Bertz CT molecular complexity index is 2260. The smallest absolute Gasteiger partial charge is 0.338 e. The van der Waals surface area contributed by atoms with Gasteiger partial charge in [0.15, 0.2) is 25.2 Å². The van der Waals surface area contributed by atoms with Crippen LogP contribution in [-0.4, -0.2) is 205 Å². The Morgan fingerprint density at radius 1 is 0.709 bits per heavy atom. The Labute approximate surface area is 463 Å². The molecule has 0 spiro atoms. The minimum Gasteiger partial charge on any atom is -0.463 e. The highest BCUT2D eigenvalue weighted by Crippen LogP contribution is 2.71. The molecule has 446 valence electrons. The highest BCUT2D eigenvalue weighted by molar-refractivity contribution is 5.89. The van der Waals surface area contributed by atoms with E-state index in [1.54, 1.807) is 45.4 Å². The minimum absolute atomic E-state index is 0.0357. The second-order valence-electron chi connectivity index (χ2n) is 24.5. The molecule has 3 saturated carbocycles. The first kappa shape index (κ1) is 60.8. The third-order valence-corrected chi connectivity index (χ3v) is 20.2. The van der Waals surface area contributed by atoms with Gasteiger partial charge in [0.1, 0.15) is 67.1 Å². The summed E-state index contributed by atoms with van der Waals surface area (Å²) in [7, 11) is 4.56. The number of fused-ring (bicyclic) bond motifs is 5. The number of hydrogen-bond donors (Lipinski definition) is 6. The van der Waals surface area contributed by atoms with Gasteiger partial charge in [-0.2, -0.15) is 0 Å². The molecule has 4 aliphatic carbocycles. The molecule has 4 heterocycles. The third kappa shape index (κ3) is 11.1. The first-order valence-corrected chi connectivity index (χ1v) is 28.5. The van der Waals surface area contributed by atoms with Gasteiger partial charge in [-0.1, -0.05) is 51.1 Å². The first-order valence-electron chi connectivity index (χ1n) is 28.5. The van der Waals surface area contributed by atoms with Crippen LogP contribution in [0.25, 0.3) is 0 Å². The summed E-state index contributed by atoms with van der Waals surface area (Å²) in [4.78, 5) is 26.2. The lowest BCUT2D eigenvalue weighted by atomic mass is 9.41. The van der Waals surface area contributed by atoms with E-state index in [4.69, 9.17) is 61.6 Å². The summed E-state index contributed by atoms with van der Waals surface area (Å²) in [5.74, 6) is -1.33. The molecule has 7 fully saturated rings. The van der Waals surface area contributed by atoms with Crippen LogP contribution in [0.3, 0.4) is 0 Å². The standard InChI is InChI=1S/C58H88O21/c1-28(70-32(5)60)35-19-22-58(66)36-18-20-55(6)26-34(17-21-56(55,7)37(36)23-41(57(35,58)8)76-52(65)33-15-13-12-14-16-33)74-42-24-38(67-9)48(29(2)71-42)77-43-25-39(68-10)49(30(3)72-43)78-54-47(64)51(69-11)50(31(4)73-54)79-53-46(63)45(62)44(61)40(27-59)75-53/h12-16,18,20,28-31,34-51,53-54,59,61-64,66H,17,19,21-27H2,1-11H3/t28?,29-,30-,31-,34+,35-,36-,37+,38+,39+,40-,41-,42+,43+,44-,45+,46-,47-,48-,49-,50-,51+,53+,54+,55+,56-,57+,58+/m1/s1. The molecule has 1 aromatic carbocycles. The molecular formula is C58H88O21. The van der Waals surface area contributed by atoms with Gasteiger partial charge in [-0.25, -0.2) is 4.79 Å². The zero-order valence-electron chi connectivity index (χ0n) is 47.6. The van der Waals surface area contributed by atoms with Crippen molar-refractivity contribution in [3.05, 3.63) is 48.0 Å². The Morgan fingerprint density at radius 2 is 1.32 bits per heavy atom. The predicted molar refractivity (Wildman–Crippen MR) is 277 cm³/mol. The van der Waals surface area contributed by atoms with Crippen molar-refractivity contribution in [2.75, 3.05) is 27.9 Å². The maximum Gasteiger partial charge on any atom is 0.338 e. The van der Waals surface area contributed by atoms with Crippen molar-refractivity contribution in [1.29, 1.82) is 0 Å². The van der Waals surface area contributed by atoms with Crippen LogP contribution in [0, 0.1) is 34.0 Å². The molecule has 21 nitrogen and oxygen atoms in total. The summed E-state index contributed by atoms with van der Waals surface area (Å²) >= 11 is 0. The molecule has 0 amide bonds. The molecule has 0 aromatic heterocycles. The SMILES string of the molecule is CO[C@H]1[C@@H](O)[C@H](O[C@H]2[C@@H](OC)C[C@H](O[C@H]3[C@@H](OC)C[C@H](O[C@H]4CC[C@]5(C)[C@H]6C[C@@H](OC(=O)c7ccccc7)[C@]7(C)[C@@H](C(C)OC(C)=O)CC[C@]7(O)[C@@H]6C=C[C@@]5(C)C4)O[C@@H]3C)O[C@@H]2C)O[C@H](C)[C@H]1O[C@@H]1O[C@H](CO)[C@@H](O)[C@H](O)[C@H]1O. The number of rotatable bonds is 16. The van der Waals surface area contributed by atoms with E-state index in [0.29, 0.717) is 37.7 Å². The molecule has 8 aliphatic rings. The molecule has 1 aromatic rings. The number of esters is 2. The van der Waals surface area contributed by atoms with E-state index in [1.165, 1.54) is 14.0 Å². The van der Waals surface area contributed by atoms with Crippen molar-refractivity contribution in [3.8, 4) is 0 Å². The molecule has 79 heavy (non-hydrogen) atoms. The number of carbonyl (C=O) groups excluding carboxylic acids is 2. The van der Waals surface area contributed by atoms with Crippen LogP contribution in [0.2, 0.25) is 0 Å². The summed E-state index contributed by atoms with van der Waals surface area (Å²) in [5, 5.41) is 65.7. The van der Waals surface area contributed by atoms with Crippen LogP contribution in [-0.2, 0) is 66.4 Å². The largest absolute Gasteiger partial charge is 0.463 e. The van der Waals surface area contributed by atoms with E-state index in [9.17, 15) is 40.2 Å². The van der Waals surface area contributed by atoms with Gasteiger partial charge < -0.3 is 92.2 Å². The minimum atomic E-state index is -1.67. The molecule has 0 bridgehead atoms. The van der Waals surface area contributed by atoms with Crippen molar-refractivity contribution < 1.29 is 102 Å². The van der Waals surface area contributed by atoms with Crippen LogP contribution < -0.4 is 0 Å². The Kier molecular flexibility index (Phi) is 18.5. The molecular weight excluding hydrogens is 1030 g/mol. The van der Waals surface area contributed by atoms with Crippen molar-refractivity contribution in [3.63, 3.8) is 0 Å². The van der Waals surface area contributed by atoms with Gasteiger partial charge in [0.25, 0.3) is 0 Å². The normalized spacial score (nSPS) is 49.2. The topological polar surface area (TPSA) is 276 Å². The molecule has 1 unspecified atom stereocenters. The van der Waals surface area contributed by atoms with Gasteiger partial charge in [0.2, 0.25) is 0 Å². The van der Waals surface area contributed by atoms with Gasteiger partial charge in [-0.05, 0) is 95.1 Å². The fourth-order valence-corrected chi connectivity index (χ4v) is 15.5. The maximum absolute atomic E-state index is 13.9. The second kappa shape index (κ2) is 24.1. The summed E-state index contributed by atoms with van der Waals surface area (Å²) in [6.45, 7) is 14.7. The van der Waals surface area contributed by atoms with Gasteiger partial charge in [-0.3, -0.25) is 4.79 Å². The van der Waals surface area contributed by atoms with Gasteiger partial charge >= 0.3 is 11.9 Å². The zero-order chi connectivity index (χ0) is 57.1. The number of carbonyl (C=O) groups is 2. The molecule has 9 rings (SSSR count). The average molecular weight is 1120 g/mol. The fourth-order valence-electron chi connectivity index (χ4n) is 15.5. The number of methoxy groups -OCH3 is 3. The molecule has 6 N–H and O–H groups in total. The van der Waals surface area contributed by atoms with Gasteiger partial charge in [-0.15, -0.1) is 0 Å². The van der Waals surface area contributed by atoms with E-state index in [0.717, 1.165) is 12.8 Å². The van der Waals surface area contributed by atoms with Crippen LogP contribution in [0.4, 0.5) is 0 Å². The molecule has 4 saturated heterocycles. The van der Waals surface area contributed by atoms with E-state index in [1.807, 2.05) is 33.8 Å². The first-order chi connectivity index (χ1) is 37.4. The summed E-state index contributed by atoms with van der Waals surface area (Å²) in [6, 6.07) is 8.95. The molecule has 0 radical (unpaired) electrons. The predicted octanol–water partition coefficient (Wildman–Crippen LogP) is 3.47. The molecule has 21 heteroatoms. The zero-order valence-corrected chi connectivity index (χ0v) is 47.6. The Hall–Kier alpha value is -2.78. The van der Waals surface area contributed by atoms with Gasteiger partial charge in [0, 0.05) is 58.3 Å².